The molecule has 30 heavy (non-hydrogen) atoms. The molecule has 0 unspecified atom stereocenters. The lowest BCUT2D eigenvalue weighted by atomic mass is 9.55. The molecule has 162 valence electrons. The SMILES string of the molecule is C[C@]12CC[C@@H]3c4ccc(OC(=O)CCN5CCCCC5)cc4CC[C@@H]3[C@H]1CCC2=O. The van der Waals surface area contributed by atoms with Crippen molar-refractivity contribution in [3.63, 3.8) is 0 Å². The van der Waals surface area contributed by atoms with E-state index in [4.69, 9.17) is 4.74 Å². The van der Waals surface area contributed by atoms with Gasteiger partial charge in [-0.05, 0) is 99.0 Å². The van der Waals surface area contributed by atoms with Crippen LogP contribution in [0.4, 0.5) is 0 Å². The predicted octanol–water partition coefficient (Wildman–Crippen LogP) is 4.89. The molecule has 1 aromatic rings. The van der Waals surface area contributed by atoms with Crippen LogP contribution in [-0.4, -0.2) is 36.3 Å². The molecule has 4 aliphatic rings. The number of ether oxygens (including phenoxy) is 1. The van der Waals surface area contributed by atoms with Crippen LogP contribution < -0.4 is 4.74 Å². The molecule has 3 fully saturated rings. The second kappa shape index (κ2) is 8.11. The van der Waals surface area contributed by atoms with Crippen molar-refractivity contribution in [2.45, 2.75) is 77.0 Å². The van der Waals surface area contributed by atoms with Gasteiger partial charge in [-0.2, -0.15) is 0 Å². The molecule has 4 heteroatoms. The minimum absolute atomic E-state index is 0.0670. The van der Waals surface area contributed by atoms with Gasteiger partial charge in [0, 0.05) is 18.4 Å². The lowest BCUT2D eigenvalue weighted by Gasteiger charge is -2.48. The van der Waals surface area contributed by atoms with Crippen LogP contribution in [0.25, 0.3) is 0 Å². The van der Waals surface area contributed by atoms with Crippen LogP contribution in [0.2, 0.25) is 0 Å². The zero-order chi connectivity index (χ0) is 20.7. The second-order valence-corrected chi connectivity index (χ2v) is 10.3. The number of hydrogen-bond donors (Lipinski definition) is 0. The number of carbonyl (C=O) groups is 2. The molecular formula is C26H35NO3. The quantitative estimate of drug-likeness (QED) is 0.524. The van der Waals surface area contributed by atoms with Gasteiger partial charge in [0.05, 0.1) is 6.42 Å². The van der Waals surface area contributed by atoms with Gasteiger partial charge in [-0.1, -0.05) is 19.4 Å². The third-order valence-corrected chi connectivity index (χ3v) is 8.72. The monoisotopic (exact) mass is 409 g/mol. The fourth-order valence-electron chi connectivity index (χ4n) is 7.01. The summed E-state index contributed by atoms with van der Waals surface area (Å²) < 4.78 is 5.70. The largest absolute Gasteiger partial charge is 0.426 e. The Morgan fingerprint density at radius 1 is 1.13 bits per heavy atom. The molecule has 1 aromatic carbocycles. The summed E-state index contributed by atoms with van der Waals surface area (Å²) in [5.41, 5.74) is 2.73. The van der Waals surface area contributed by atoms with E-state index in [1.807, 2.05) is 6.07 Å². The van der Waals surface area contributed by atoms with Crippen molar-refractivity contribution in [3.05, 3.63) is 29.3 Å². The molecule has 0 aromatic heterocycles. The van der Waals surface area contributed by atoms with Crippen molar-refractivity contribution in [2.24, 2.45) is 17.3 Å². The van der Waals surface area contributed by atoms with E-state index in [0.717, 1.165) is 58.2 Å². The summed E-state index contributed by atoms with van der Waals surface area (Å²) in [6.45, 7) is 5.26. The molecule has 2 saturated carbocycles. The number of piperidine rings is 1. The topological polar surface area (TPSA) is 46.6 Å². The van der Waals surface area contributed by atoms with E-state index < -0.39 is 0 Å². The maximum atomic E-state index is 12.5. The third-order valence-electron chi connectivity index (χ3n) is 8.72. The Morgan fingerprint density at radius 3 is 2.80 bits per heavy atom. The summed E-state index contributed by atoms with van der Waals surface area (Å²) in [6, 6.07) is 6.31. The zero-order valence-electron chi connectivity index (χ0n) is 18.3. The van der Waals surface area contributed by atoms with Crippen LogP contribution in [0.3, 0.4) is 0 Å². The number of Topliss-reactive ketones (excluding diaryl/α,β-unsaturated/α-hetero) is 1. The number of esters is 1. The lowest BCUT2D eigenvalue weighted by molar-refractivity contribution is -0.134. The molecule has 0 amide bonds. The highest BCUT2D eigenvalue weighted by atomic mass is 16.5. The van der Waals surface area contributed by atoms with Gasteiger partial charge in [0.2, 0.25) is 0 Å². The molecule has 1 aliphatic heterocycles. The van der Waals surface area contributed by atoms with E-state index >= 15 is 0 Å². The minimum atomic E-state index is -0.118. The second-order valence-electron chi connectivity index (χ2n) is 10.3. The van der Waals surface area contributed by atoms with Crippen LogP contribution in [0.1, 0.15) is 81.8 Å². The summed E-state index contributed by atoms with van der Waals surface area (Å²) in [4.78, 5) is 27.2. The van der Waals surface area contributed by atoms with Crippen molar-refractivity contribution < 1.29 is 14.3 Å². The van der Waals surface area contributed by atoms with E-state index in [0.29, 0.717) is 35.7 Å². The Hall–Kier alpha value is -1.68. The molecule has 4 nitrogen and oxygen atoms in total. The summed E-state index contributed by atoms with van der Waals surface area (Å²) in [7, 11) is 0. The summed E-state index contributed by atoms with van der Waals surface area (Å²) in [5, 5.41) is 0. The van der Waals surface area contributed by atoms with E-state index in [1.165, 1.54) is 30.4 Å². The van der Waals surface area contributed by atoms with E-state index in [9.17, 15) is 9.59 Å². The Balaban J connectivity index is 1.23. The number of benzene rings is 1. The number of hydrogen-bond acceptors (Lipinski definition) is 4. The smallest absolute Gasteiger partial charge is 0.312 e. The van der Waals surface area contributed by atoms with Gasteiger partial charge in [0.25, 0.3) is 0 Å². The van der Waals surface area contributed by atoms with E-state index in [1.54, 1.807) is 0 Å². The number of aryl methyl sites for hydroxylation is 1. The van der Waals surface area contributed by atoms with E-state index in [-0.39, 0.29) is 11.4 Å². The molecule has 1 saturated heterocycles. The van der Waals surface area contributed by atoms with Crippen LogP contribution in [-0.2, 0) is 16.0 Å². The molecule has 4 atom stereocenters. The average Bonchev–Trinajstić information content (AvgIpc) is 3.07. The number of likely N-dealkylation sites (tertiary alicyclic amines) is 1. The number of rotatable bonds is 4. The van der Waals surface area contributed by atoms with Crippen molar-refractivity contribution in [3.8, 4) is 5.75 Å². The maximum absolute atomic E-state index is 12.5. The maximum Gasteiger partial charge on any atom is 0.312 e. The van der Waals surface area contributed by atoms with Crippen LogP contribution >= 0.6 is 0 Å². The first-order valence-electron chi connectivity index (χ1n) is 12.1. The average molecular weight is 410 g/mol. The van der Waals surface area contributed by atoms with Crippen LogP contribution in [0.15, 0.2) is 18.2 Å². The standard InChI is InChI=1S/C26H35NO3/c1-26-13-11-21-20-8-6-19(30-25(29)12-16-27-14-3-2-4-15-27)17-18(20)5-7-22(21)23(26)9-10-24(26)28/h6,8,17,21-23H,2-5,7,9-16H2,1H3/t21-,22+,23-,26+/m1/s1. The van der Waals surface area contributed by atoms with Crippen LogP contribution in [0.5, 0.6) is 5.75 Å². The van der Waals surface area contributed by atoms with Gasteiger partial charge in [0.15, 0.2) is 0 Å². The predicted molar refractivity (Wildman–Crippen MR) is 117 cm³/mol. The zero-order valence-corrected chi connectivity index (χ0v) is 18.3. The van der Waals surface area contributed by atoms with Gasteiger partial charge >= 0.3 is 5.97 Å². The lowest BCUT2D eigenvalue weighted by Crippen LogP contribution is -2.42. The number of carbonyl (C=O) groups excluding carboxylic acids is 2. The fourth-order valence-corrected chi connectivity index (χ4v) is 7.01. The highest BCUT2D eigenvalue weighted by Gasteiger charge is 2.54. The first-order chi connectivity index (χ1) is 14.5. The van der Waals surface area contributed by atoms with Gasteiger partial charge < -0.3 is 9.64 Å². The van der Waals surface area contributed by atoms with Crippen LogP contribution in [0, 0.1) is 17.3 Å². The highest BCUT2D eigenvalue weighted by molar-refractivity contribution is 5.87. The van der Waals surface area contributed by atoms with Crippen molar-refractivity contribution in [1.82, 2.24) is 4.90 Å². The Morgan fingerprint density at radius 2 is 1.97 bits per heavy atom. The number of ketones is 1. The molecule has 5 rings (SSSR count). The van der Waals surface area contributed by atoms with Gasteiger partial charge in [0.1, 0.15) is 11.5 Å². The molecule has 0 bridgehead atoms. The molecule has 0 spiro atoms. The number of nitrogens with zero attached hydrogens (tertiary/aromatic N) is 1. The molecular weight excluding hydrogens is 374 g/mol. The first kappa shape index (κ1) is 20.2. The van der Waals surface area contributed by atoms with Gasteiger partial charge in [-0.25, -0.2) is 0 Å². The third kappa shape index (κ3) is 3.62. The summed E-state index contributed by atoms with van der Waals surface area (Å²) in [5.74, 6) is 2.86. The Labute approximate surface area is 180 Å². The molecule has 0 radical (unpaired) electrons. The summed E-state index contributed by atoms with van der Waals surface area (Å²) in [6.07, 6.45) is 10.5. The Kier molecular flexibility index (Phi) is 5.47. The normalized spacial score (nSPS) is 33.5. The Bertz CT molecular complexity index is 828. The van der Waals surface area contributed by atoms with Gasteiger partial charge in [-0.3, -0.25) is 9.59 Å². The highest BCUT2D eigenvalue weighted by Crippen LogP contribution is 2.59. The van der Waals surface area contributed by atoms with Gasteiger partial charge in [-0.15, -0.1) is 0 Å². The summed E-state index contributed by atoms with van der Waals surface area (Å²) >= 11 is 0. The van der Waals surface area contributed by atoms with E-state index in [2.05, 4.69) is 24.0 Å². The fraction of sp³-hybridized carbons (Fsp3) is 0.692. The van der Waals surface area contributed by atoms with Crippen molar-refractivity contribution in [1.29, 1.82) is 0 Å². The number of fused-ring (bicyclic) bond motifs is 5. The molecule has 0 N–H and O–H groups in total. The molecule has 1 heterocycles. The molecule has 3 aliphatic carbocycles. The van der Waals surface area contributed by atoms with Crippen molar-refractivity contribution in [2.75, 3.05) is 19.6 Å². The minimum Gasteiger partial charge on any atom is -0.426 e. The first-order valence-corrected chi connectivity index (χ1v) is 12.1. The van der Waals surface area contributed by atoms with Crippen molar-refractivity contribution >= 4 is 11.8 Å².